The molecule has 0 radical (unpaired) electrons. The summed E-state index contributed by atoms with van der Waals surface area (Å²) in [5, 5.41) is 4.85. The molecule has 25 heavy (non-hydrogen) atoms. The number of benzene rings is 2. The van der Waals surface area contributed by atoms with Crippen molar-refractivity contribution in [3.63, 3.8) is 0 Å². The lowest BCUT2D eigenvalue weighted by Crippen LogP contribution is -2.37. The van der Waals surface area contributed by atoms with Gasteiger partial charge < -0.3 is 14.8 Å². The van der Waals surface area contributed by atoms with Crippen LogP contribution in [0, 0.1) is 0 Å². The molecule has 2 aromatic carbocycles. The minimum atomic E-state index is 0.0539. The molecule has 0 aliphatic rings. The summed E-state index contributed by atoms with van der Waals surface area (Å²) < 4.78 is 11.4. The summed E-state index contributed by atoms with van der Waals surface area (Å²) in [6.45, 7) is 7.56. The first kappa shape index (κ1) is 19.9. The standard InChI is InChI=1S/C20H25Cl2NO2/c1-5-20(2,3)23-12-15-10-18(24-4)19(11-17(15)22)25-13-14-7-6-8-16(21)9-14/h6-11,23H,5,12-13H2,1-4H3. The zero-order valence-electron chi connectivity index (χ0n) is 15.2. The van der Waals surface area contributed by atoms with E-state index in [0.29, 0.717) is 34.7 Å². The van der Waals surface area contributed by atoms with Crippen molar-refractivity contribution in [3.8, 4) is 11.5 Å². The molecule has 0 aliphatic heterocycles. The van der Waals surface area contributed by atoms with E-state index in [1.165, 1.54) is 0 Å². The molecule has 0 saturated heterocycles. The Morgan fingerprint density at radius 1 is 1.08 bits per heavy atom. The topological polar surface area (TPSA) is 30.5 Å². The summed E-state index contributed by atoms with van der Waals surface area (Å²) in [7, 11) is 1.63. The zero-order valence-corrected chi connectivity index (χ0v) is 16.7. The predicted octanol–water partition coefficient (Wildman–Crippen LogP) is 5.86. The number of methoxy groups -OCH3 is 1. The molecular weight excluding hydrogens is 357 g/mol. The molecular formula is C20H25Cl2NO2. The highest BCUT2D eigenvalue weighted by Crippen LogP contribution is 2.34. The molecule has 0 aromatic heterocycles. The first-order chi connectivity index (χ1) is 11.8. The Labute approximate surface area is 160 Å². The van der Waals surface area contributed by atoms with Gasteiger partial charge in [-0.2, -0.15) is 0 Å². The largest absolute Gasteiger partial charge is 0.493 e. The lowest BCUT2D eigenvalue weighted by atomic mass is 10.0. The van der Waals surface area contributed by atoms with Crippen molar-refractivity contribution in [1.82, 2.24) is 5.32 Å². The molecule has 0 amide bonds. The molecule has 1 N–H and O–H groups in total. The van der Waals surface area contributed by atoms with Crippen LogP contribution in [0.2, 0.25) is 10.0 Å². The van der Waals surface area contributed by atoms with Crippen LogP contribution in [0.15, 0.2) is 36.4 Å². The average molecular weight is 382 g/mol. The monoisotopic (exact) mass is 381 g/mol. The van der Waals surface area contributed by atoms with Gasteiger partial charge in [-0.25, -0.2) is 0 Å². The van der Waals surface area contributed by atoms with Crippen LogP contribution < -0.4 is 14.8 Å². The number of ether oxygens (including phenoxy) is 2. The van der Waals surface area contributed by atoms with Crippen LogP contribution >= 0.6 is 23.2 Å². The van der Waals surface area contributed by atoms with Crippen molar-refractivity contribution < 1.29 is 9.47 Å². The van der Waals surface area contributed by atoms with E-state index in [4.69, 9.17) is 32.7 Å². The molecule has 0 aliphatic carbocycles. The van der Waals surface area contributed by atoms with Gasteiger partial charge in [0.15, 0.2) is 11.5 Å². The second-order valence-electron chi connectivity index (χ2n) is 6.60. The Balaban J connectivity index is 2.12. The normalized spacial score (nSPS) is 11.4. The predicted molar refractivity (Wildman–Crippen MR) is 105 cm³/mol. The molecule has 0 unspecified atom stereocenters. The van der Waals surface area contributed by atoms with Crippen LogP contribution in [0.3, 0.4) is 0 Å². The molecule has 2 aromatic rings. The highest BCUT2D eigenvalue weighted by Gasteiger charge is 2.16. The fourth-order valence-electron chi connectivity index (χ4n) is 2.23. The van der Waals surface area contributed by atoms with E-state index in [0.717, 1.165) is 17.5 Å². The smallest absolute Gasteiger partial charge is 0.163 e. The van der Waals surface area contributed by atoms with E-state index in [1.54, 1.807) is 13.2 Å². The second-order valence-corrected chi connectivity index (χ2v) is 7.45. The van der Waals surface area contributed by atoms with Gasteiger partial charge in [-0.3, -0.25) is 0 Å². The SMILES string of the molecule is CCC(C)(C)NCc1cc(OC)c(OCc2cccc(Cl)c2)cc1Cl. The fourth-order valence-corrected chi connectivity index (χ4v) is 2.67. The van der Waals surface area contributed by atoms with E-state index in [1.807, 2.05) is 30.3 Å². The molecule has 136 valence electrons. The van der Waals surface area contributed by atoms with Crippen molar-refractivity contribution in [1.29, 1.82) is 0 Å². The summed E-state index contributed by atoms with van der Waals surface area (Å²) in [5.74, 6) is 1.28. The molecule has 0 fully saturated rings. The Kier molecular flexibility index (Phi) is 7.00. The van der Waals surface area contributed by atoms with Crippen molar-refractivity contribution in [3.05, 3.63) is 57.6 Å². The summed E-state index contributed by atoms with van der Waals surface area (Å²) in [6, 6.07) is 11.3. The van der Waals surface area contributed by atoms with E-state index >= 15 is 0 Å². The number of halogens is 2. The Morgan fingerprint density at radius 3 is 2.48 bits per heavy atom. The van der Waals surface area contributed by atoms with Gasteiger partial charge in [0.1, 0.15) is 6.61 Å². The van der Waals surface area contributed by atoms with E-state index in [-0.39, 0.29) is 5.54 Å². The van der Waals surface area contributed by atoms with Crippen LogP contribution in [-0.2, 0) is 13.2 Å². The third kappa shape index (κ3) is 5.81. The molecule has 0 heterocycles. The maximum absolute atomic E-state index is 6.44. The first-order valence-electron chi connectivity index (χ1n) is 8.33. The van der Waals surface area contributed by atoms with Gasteiger partial charge in [-0.05, 0) is 49.6 Å². The third-order valence-electron chi connectivity index (χ3n) is 4.26. The van der Waals surface area contributed by atoms with Crippen molar-refractivity contribution in [2.75, 3.05) is 7.11 Å². The van der Waals surface area contributed by atoms with Gasteiger partial charge in [0.25, 0.3) is 0 Å². The van der Waals surface area contributed by atoms with Crippen LogP contribution in [-0.4, -0.2) is 12.6 Å². The summed E-state index contributed by atoms with van der Waals surface area (Å²) in [6.07, 6.45) is 1.03. The lowest BCUT2D eigenvalue weighted by Gasteiger charge is -2.25. The van der Waals surface area contributed by atoms with Gasteiger partial charge in [-0.1, -0.05) is 42.3 Å². The number of rotatable bonds is 8. The van der Waals surface area contributed by atoms with Gasteiger partial charge >= 0.3 is 0 Å². The highest BCUT2D eigenvalue weighted by atomic mass is 35.5. The molecule has 3 nitrogen and oxygen atoms in total. The number of hydrogen-bond donors (Lipinski definition) is 1. The maximum atomic E-state index is 6.44. The zero-order chi connectivity index (χ0) is 18.4. The van der Waals surface area contributed by atoms with E-state index < -0.39 is 0 Å². The van der Waals surface area contributed by atoms with Crippen LogP contribution in [0.4, 0.5) is 0 Å². The molecule has 0 saturated carbocycles. The molecule has 5 heteroatoms. The van der Waals surface area contributed by atoms with Crippen molar-refractivity contribution in [2.24, 2.45) is 0 Å². The molecule has 0 bridgehead atoms. The van der Waals surface area contributed by atoms with Crippen molar-refractivity contribution >= 4 is 23.2 Å². The van der Waals surface area contributed by atoms with E-state index in [9.17, 15) is 0 Å². The first-order valence-corrected chi connectivity index (χ1v) is 9.09. The van der Waals surface area contributed by atoms with Gasteiger partial charge in [0.2, 0.25) is 0 Å². The summed E-state index contributed by atoms with van der Waals surface area (Å²) >= 11 is 12.4. The van der Waals surface area contributed by atoms with Crippen LogP contribution in [0.25, 0.3) is 0 Å². The highest BCUT2D eigenvalue weighted by molar-refractivity contribution is 6.31. The minimum Gasteiger partial charge on any atom is -0.493 e. The number of nitrogens with one attached hydrogen (secondary N) is 1. The van der Waals surface area contributed by atoms with Gasteiger partial charge in [0, 0.05) is 28.2 Å². The maximum Gasteiger partial charge on any atom is 0.163 e. The van der Waals surface area contributed by atoms with Crippen molar-refractivity contribution in [2.45, 2.75) is 45.9 Å². The molecule has 2 rings (SSSR count). The Bertz CT molecular complexity index is 717. The van der Waals surface area contributed by atoms with E-state index in [2.05, 4.69) is 26.1 Å². The number of hydrogen-bond acceptors (Lipinski definition) is 3. The third-order valence-corrected chi connectivity index (χ3v) is 4.84. The van der Waals surface area contributed by atoms with Crippen LogP contribution in [0.1, 0.15) is 38.3 Å². The second kappa shape index (κ2) is 8.79. The quantitative estimate of drug-likeness (QED) is 0.620. The summed E-state index contributed by atoms with van der Waals surface area (Å²) in [5.41, 5.74) is 2.02. The van der Waals surface area contributed by atoms with Gasteiger partial charge in [0.05, 0.1) is 7.11 Å². The minimum absolute atomic E-state index is 0.0539. The molecule has 0 spiro atoms. The molecule has 0 atom stereocenters. The fraction of sp³-hybridized carbons (Fsp3) is 0.400. The van der Waals surface area contributed by atoms with Crippen LogP contribution in [0.5, 0.6) is 11.5 Å². The average Bonchev–Trinajstić information content (AvgIpc) is 2.59. The summed E-state index contributed by atoms with van der Waals surface area (Å²) in [4.78, 5) is 0. The Morgan fingerprint density at radius 2 is 1.84 bits per heavy atom. The van der Waals surface area contributed by atoms with Gasteiger partial charge in [-0.15, -0.1) is 0 Å². The Hall–Kier alpha value is -1.42. The lowest BCUT2D eigenvalue weighted by molar-refractivity contribution is 0.284.